The fourth-order valence-corrected chi connectivity index (χ4v) is 1.90. The van der Waals surface area contributed by atoms with E-state index in [-0.39, 0.29) is 17.8 Å². The van der Waals surface area contributed by atoms with Crippen LogP contribution in [0.3, 0.4) is 0 Å². The van der Waals surface area contributed by atoms with Crippen LogP contribution < -0.4 is 0 Å². The number of nitrogens with zero attached hydrogens (tertiary/aromatic N) is 2. The number of carboxylic acid groups (broad SMARTS) is 1. The van der Waals surface area contributed by atoms with Crippen LogP contribution in [-0.2, 0) is 11.8 Å². The van der Waals surface area contributed by atoms with Crippen LogP contribution in [0.2, 0.25) is 0 Å². The van der Waals surface area contributed by atoms with Crippen LogP contribution in [0.1, 0.15) is 18.5 Å². The fourth-order valence-electron chi connectivity index (χ4n) is 1.90. The molecular weight excluding hydrogens is 168 g/mol. The van der Waals surface area contributed by atoms with Crippen molar-refractivity contribution in [3.63, 3.8) is 0 Å². The van der Waals surface area contributed by atoms with Crippen molar-refractivity contribution in [1.82, 2.24) is 9.55 Å². The van der Waals surface area contributed by atoms with Crippen molar-refractivity contribution in [2.75, 3.05) is 0 Å². The van der Waals surface area contributed by atoms with Crippen molar-refractivity contribution in [3.8, 4) is 0 Å². The highest BCUT2D eigenvalue weighted by Gasteiger charge is 2.53. The van der Waals surface area contributed by atoms with Gasteiger partial charge in [-0.25, -0.2) is 4.98 Å². The lowest BCUT2D eigenvalue weighted by Crippen LogP contribution is -1.99. The zero-order valence-electron chi connectivity index (χ0n) is 7.64. The van der Waals surface area contributed by atoms with Crippen LogP contribution in [0, 0.1) is 11.8 Å². The number of carbonyl (C=O) groups is 1. The van der Waals surface area contributed by atoms with Crippen molar-refractivity contribution >= 4 is 5.97 Å². The molecule has 0 aromatic carbocycles. The smallest absolute Gasteiger partial charge is 0.307 e. The normalized spacial score (nSPS) is 31.7. The minimum Gasteiger partial charge on any atom is -0.481 e. The van der Waals surface area contributed by atoms with E-state index in [1.165, 1.54) is 0 Å². The molecule has 2 rings (SSSR count). The van der Waals surface area contributed by atoms with Gasteiger partial charge in [0.15, 0.2) is 0 Å². The van der Waals surface area contributed by atoms with Crippen LogP contribution in [-0.4, -0.2) is 20.6 Å². The molecule has 3 atom stereocenters. The third-order valence-corrected chi connectivity index (χ3v) is 2.73. The molecular formula is C9H12N2O2. The summed E-state index contributed by atoms with van der Waals surface area (Å²) in [7, 11) is 1.89. The molecule has 1 aromatic heterocycles. The maximum Gasteiger partial charge on any atom is 0.307 e. The van der Waals surface area contributed by atoms with E-state index in [0.717, 1.165) is 5.69 Å². The van der Waals surface area contributed by atoms with Crippen LogP contribution in [0.25, 0.3) is 0 Å². The molecule has 0 unspecified atom stereocenters. The molecule has 1 aromatic rings. The molecule has 0 spiro atoms. The number of rotatable bonds is 2. The Morgan fingerprint density at radius 3 is 2.77 bits per heavy atom. The van der Waals surface area contributed by atoms with Crippen LogP contribution in [0.4, 0.5) is 0 Å². The van der Waals surface area contributed by atoms with Gasteiger partial charge >= 0.3 is 5.97 Å². The van der Waals surface area contributed by atoms with E-state index < -0.39 is 5.97 Å². The van der Waals surface area contributed by atoms with Gasteiger partial charge in [-0.1, -0.05) is 6.92 Å². The summed E-state index contributed by atoms with van der Waals surface area (Å²) in [6, 6.07) is 0. The van der Waals surface area contributed by atoms with E-state index in [1.807, 2.05) is 24.7 Å². The molecule has 1 N–H and O–H groups in total. The molecule has 1 saturated carbocycles. The van der Waals surface area contributed by atoms with Gasteiger partial charge in [0.2, 0.25) is 0 Å². The average Bonchev–Trinajstić information content (AvgIpc) is 2.51. The maximum atomic E-state index is 10.7. The monoisotopic (exact) mass is 180 g/mol. The number of carboxylic acids is 1. The van der Waals surface area contributed by atoms with Gasteiger partial charge in [-0.3, -0.25) is 4.79 Å². The first-order valence-corrected chi connectivity index (χ1v) is 4.32. The zero-order chi connectivity index (χ0) is 9.59. The second-order valence-electron chi connectivity index (χ2n) is 3.71. The third-order valence-electron chi connectivity index (χ3n) is 2.73. The minimum absolute atomic E-state index is 0.124. The summed E-state index contributed by atoms with van der Waals surface area (Å²) in [5.74, 6) is -0.579. The molecule has 1 aliphatic carbocycles. The molecule has 0 aliphatic heterocycles. The number of hydrogen-bond acceptors (Lipinski definition) is 2. The van der Waals surface area contributed by atoms with Gasteiger partial charge in [-0.15, -0.1) is 0 Å². The highest BCUT2D eigenvalue weighted by molar-refractivity contribution is 5.75. The first kappa shape index (κ1) is 8.29. The molecule has 70 valence electrons. The van der Waals surface area contributed by atoms with Gasteiger partial charge in [0.1, 0.15) is 0 Å². The van der Waals surface area contributed by atoms with Crippen molar-refractivity contribution in [2.24, 2.45) is 18.9 Å². The predicted octanol–water partition coefficient (Wildman–Crippen LogP) is 0.854. The Hall–Kier alpha value is -1.32. The summed E-state index contributed by atoms with van der Waals surface area (Å²) < 4.78 is 1.85. The molecule has 4 heteroatoms. The minimum atomic E-state index is -0.705. The lowest BCUT2D eigenvalue weighted by atomic mass is 10.2. The van der Waals surface area contributed by atoms with Gasteiger partial charge in [0, 0.05) is 19.2 Å². The summed E-state index contributed by atoms with van der Waals surface area (Å²) in [5.41, 5.74) is 0.905. The molecule has 0 saturated heterocycles. The fraction of sp³-hybridized carbons (Fsp3) is 0.556. The second kappa shape index (κ2) is 2.58. The third kappa shape index (κ3) is 1.22. The summed E-state index contributed by atoms with van der Waals surface area (Å²) in [5, 5.41) is 8.83. The molecule has 1 aliphatic rings. The van der Waals surface area contributed by atoms with Gasteiger partial charge in [0.05, 0.1) is 17.9 Å². The van der Waals surface area contributed by atoms with Gasteiger partial charge < -0.3 is 9.67 Å². The Balaban J connectivity index is 2.17. The summed E-state index contributed by atoms with van der Waals surface area (Å²) >= 11 is 0. The van der Waals surface area contributed by atoms with E-state index in [0.29, 0.717) is 0 Å². The first-order valence-electron chi connectivity index (χ1n) is 4.32. The van der Waals surface area contributed by atoms with Gasteiger partial charge in [-0.05, 0) is 5.92 Å². The number of hydrogen-bond donors (Lipinski definition) is 1. The largest absolute Gasteiger partial charge is 0.481 e. The number of aliphatic carboxylic acids is 1. The Morgan fingerprint density at radius 1 is 1.69 bits per heavy atom. The van der Waals surface area contributed by atoms with E-state index >= 15 is 0 Å². The molecule has 1 fully saturated rings. The number of imidazole rings is 1. The highest BCUT2D eigenvalue weighted by atomic mass is 16.4. The molecule has 0 radical (unpaired) electrons. The summed E-state index contributed by atoms with van der Waals surface area (Å²) in [4.78, 5) is 14.9. The van der Waals surface area contributed by atoms with Gasteiger partial charge in [0.25, 0.3) is 0 Å². The van der Waals surface area contributed by atoms with E-state index in [2.05, 4.69) is 4.98 Å². The SMILES string of the molecule is C[C@@H]1[C@H](C(=O)O)[C@H]1c1cn(C)cn1. The highest BCUT2D eigenvalue weighted by Crippen LogP contribution is 2.53. The van der Waals surface area contributed by atoms with Crippen molar-refractivity contribution < 1.29 is 9.90 Å². The molecule has 4 nitrogen and oxygen atoms in total. The first-order chi connectivity index (χ1) is 6.11. The quantitative estimate of drug-likeness (QED) is 0.734. The summed E-state index contributed by atoms with van der Waals surface area (Å²) in [6.45, 7) is 1.96. The Bertz CT molecular complexity index is 345. The predicted molar refractivity (Wildman–Crippen MR) is 46.2 cm³/mol. The standard InChI is InChI=1S/C9H12N2O2/c1-5-7(8(5)9(12)13)6-3-11(2)4-10-6/h3-5,7-8H,1-2H3,(H,12,13)/t5-,7+,8-/m0/s1. The number of aromatic nitrogens is 2. The van der Waals surface area contributed by atoms with E-state index in [4.69, 9.17) is 5.11 Å². The van der Waals surface area contributed by atoms with E-state index in [9.17, 15) is 4.79 Å². The molecule has 1 heterocycles. The zero-order valence-corrected chi connectivity index (χ0v) is 7.64. The van der Waals surface area contributed by atoms with Crippen molar-refractivity contribution in [3.05, 3.63) is 18.2 Å². The second-order valence-corrected chi connectivity index (χ2v) is 3.71. The Kier molecular flexibility index (Phi) is 1.65. The molecule has 0 bridgehead atoms. The van der Waals surface area contributed by atoms with Crippen LogP contribution in [0.15, 0.2) is 12.5 Å². The van der Waals surface area contributed by atoms with Crippen LogP contribution >= 0.6 is 0 Å². The van der Waals surface area contributed by atoms with Crippen molar-refractivity contribution in [1.29, 1.82) is 0 Å². The number of aryl methyl sites for hydroxylation is 1. The Labute approximate surface area is 76.2 Å². The van der Waals surface area contributed by atoms with Crippen LogP contribution in [0.5, 0.6) is 0 Å². The molecule has 13 heavy (non-hydrogen) atoms. The maximum absolute atomic E-state index is 10.7. The topological polar surface area (TPSA) is 55.1 Å². The average molecular weight is 180 g/mol. The Morgan fingerprint density at radius 2 is 2.38 bits per heavy atom. The lowest BCUT2D eigenvalue weighted by molar-refractivity contribution is -0.138. The van der Waals surface area contributed by atoms with Crippen molar-refractivity contribution in [2.45, 2.75) is 12.8 Å². The lowest BCUT2D eigenvalue weighted by Gasteiger charge is -1.89. The molecule has 0 amide bonds. The van der Waals surface area contributed by atoms with Gasteiger partial charge in [-0.2, -0.15) is 0 Å². The summed E-state index contributed by atoms with van der Waals surface area (Å²) in [6.07, 6.45) is 3.60. The van der Waals surface area contributed by atoms with E-state index in [1.54, 1.807) is 6.33 Å².